The van der Waals surface area contributed by atoms with Gasteiger partial charge in [0.1, 0.15) is 23.8 Å². The number of aryl methyl sites for hydroxylation is 1. The first-order chi connectivity index (χ1) is 15.9. The molecule has 3 aromatic carbocycles. The summed E-state index contributed by atoms with van der Waals surface area (Å²) >= 11 is 6.08. The van der Waals surface area contributed by atoms with Crippen LogP contribution in [0.4, 0.5) is 0 Å². The third-order valence-corrected chi connectivity index (χ3v) is 5.46. The average molecular weight is 461 g/mol. The molecular formula is C27H25ClN2O3. The smallest absolute Gasteiger partial charge is 0.253 e. The van der Waals surface area contributed by atoms with Gasteiger partial charge < -0.3 is 14.1 Å². The Bertz CT molecular complexity index is 1250. The summed E-state index contributed by atoms with van der Waals surface area (Å²) in [4.78, 5) is 18.2. The monoisotopic (exact) mass is 460 g/mol. The van der Waals surface area contributed by atoms with E-state index in [0.29, 0.717) is 35.3 Å². The van der Waals surface area contributed by atoms with Gasteiger partial charge in [-0.05, 0) is 54.4 Å². The van der Waals surface area contributed by atoms with E-state index in [1.165, 1.54) is 0 Å². The molecule has 168 valence electrons. The van der Waals surface area contributed by atoms with Crippen LogP contribution >= 0.6 is 11.6 Å². The van der Waals surface area contributed by atoms with Crippen molar-refractivity contribution in [3.05, 3.63) is 106 Å². The Morgan fingerprint density at radius 2 is 1.73 bits per heavy atom. The molecule has 0 saturated carbocycles. The van der Waals surface area contributed by atoms with E-state index in [9.17, 15) is 4.79 Å². The predicted octanol–water partition coefficient (Wildman–Crippen LogP) is 6.18. The molecule has 0 atom stereocenters. The van der Waals surface area contributed by atoms with E-state index in [1.807, 2.05) is 67.6 Å². The highest BCUT2D eigenvalue weighted by atomic mass is 35.5. The van der Waals surface area contributed by atoms with Crippen LogP contribution < -0.4 is 4.74 Å². The second-order valence-electron chi connectivity index (χ2n) is 8.03. The standard InChI is InChI=1S/C27H25ClN2O3/c1-18-26(29-25(33-18)16-20-5-4-6-23(28)15-20)21-9-7-19(8-10-21)17-32-24-13-11-22(12-14-24)27(31)30(2)3/h4-15H,16-17H2,1-3H3. The van der Waals surface area contributed by atoms with E-state index in [-0.39, 0.29) is 5.91 Å². The molecule has 0 aliphatic heterocycles. The van der Waals surface area contributed by atoms with Crippen molar-refractivity contribution in [2.45, 2.75) is 20.0 Å². The first kappa shape index (κ1) is 22.6. The van der Waals surface area contributed by atoms with Crippen LogP contribution in [0.2, 0.25) is 5.02 Å². The summed E-state index contributed by atoms with van der Waals surface area (Å²) < 4.78 is 11.8. The van der Waals surface area contributed by atoms with Crippen molar-refractivity contribution in [2.75, 3.05) is 14.1 Å². The number of benzene rings is 3. The summed E-state index contributed by atoms with van der Waals surface area (Å²) in [5.74, 6) is 2.13. The molecule has 4 aromatic rings. The number of ether oxygens (including phenoxy) is 1. The molecule has 0 bridgehead atoms. The van der Waals surface area contributed by atoms with Crippen molar-refractivity contribution in [1.29, 1.82) is 0 Å². The molecule has 0 N–H and O–H groups in total. The number of nitrogens with zero attached hydrogens (tertiary/aromatic N) is 2. The molecule has 0 unspecified atom stereocenters. The quantitative estimate of drug-likeness (QED) is 0.330. The molecule has 6 heteroatoms. The maximum atomic E-state index is 12.0. The number of carbonyl (C=O) groups is 1. The lowest BCUT2D eigenvalue weighted by atomic mass is 10.1. The van der Waals surface area contributed by atoms with Crippen LogP contribution in [0.1, 0.15) is 33.1 Å². The molecule has 0 spiro atoms. The Morgan fingerprint density at radius 3 is 2.39 bits per heavy atom. The minimum Gasteiger partial charge on any atom is -0.489 e. The van der Waals surface area contributed by atoms with E-state index in [0.717, 1.165) is 28.1 Å². The molecule has 0 radical (unpaired) electrons. The second-order valence-corrected chi connectivity index (χ2v) is 8.47. The third-order valence-electron chi connectivity index (χ3n) is 5.23. The van der Waals surface area contributed by atoms with Crippen LogP contribution in [0, 0.1) is 6.92 Å². The number of oxazole rings is 1. The number of amides is 1. The van der Waals surface area contributed by atoms with Crippen molar-refractivity contribution >= 4 is 17.5 Å². The fraction of sp³-hybridized carbons (Fsp3) is 0.185. The molecule has 0 saturated heterocycles. The number of carbonyl (C=O) groups excluding carboxylic acids is 1. The number of aromatic nitrogens is 1. The summed E-state index contributed by atoms with van der Waals surface area (Å²) in [5, 5.41) is 0.701. The summed E-state index contributed by atoms with van der Waals surface area (Å²) in [5.41, 5.74) is 4.55. The number of hydrogen-bond acceptors (Lipinski definition) is 4. The van der Waals surface area contributed by atoms with E-state index in [1.54, 1.807) is 31.1 Å². The molecule has 5 nitrogen and oxygen atoms in total. The molecule has 1 aromatic heterocycles. The summed E-state index contributed by atoms with van der Waals surface area (Å²) in [7, 11) is 3.47. The predicted molar refractivity (Wildman–Crippen MR) is 130 cm³/mol. The van der Waals surface area contributed by atoms with E-state index in [4.69, 9.17) is 25.7 Å². The van der Waals surface area contributed by atoms with Crippen LogP contribution in [0.15, 0.2) is 77.2 Å². The van der Waals surface area contributed by atoms with Gasteiger partial charge in [0.15, 0.2) is 5.89 Å². The number of hydrogen-bond donors (Lipinski definition) is 0. The molecule has 0 aliphatic carbocycles. The second kappa shape index (κ2) is 9.92. The minimum absolute atomic E-state index is 0.0315. The van der Waals surface area contributed by atoms with Gasteiger partial charge in [-0.3, -0.25) is 4.79 Å². The normalized spacial score (nSPS) is 10.8. The van der Waals surface area contributed by atoms with Crippen LogP contribution in [-0.4, -0.2) is 29.9 Å². The highest BCUT2D eigenvalue weighted by molar-refractivity contribution is 6.30. The van der Waals surface area contributed by atoms with Crippen molar-refractivity contribution in [3.8, 4) is 17.0 Å². The Balaban J connectivity index is 1.39. The Morgan fingerprint density at radius 1 is 1.00 bits per heavy atom. The van der Waals surface area contributed by atoms with Gasteiger partial charge in [-0.2, -0.15) is 0 Å². The van der Waals surface area contributed by atoms with Gasteiger partial charge in [0.25, 0.3) is 5.91 Å². The lowest BCUT2D eigenvalue weighted by Gasteiger charge is -2.11. The van der Waals surface area contributed by atoms with Crippen molar-refractivity contribution in [1.82, 2.24) is 9.88 Å². The highest BCUT2D eigenvalue weighted by Crippen LogP contribution is 2.26. The average Bonchev–Trinajstić information content (AvgIpc) is 3.17. The van der Waals surface area contributed by atoms with Gasteiger partial charge in [0.2, 0.25) is 0 Å². The van der Waals surface area contributed by atoms with Gasteiger partial charge in [-0.1, -0.05) is 48.0 Å². The molecule has 0 fully saturated rings. The molecule has 0 aliphatic rings. The van der Waals surface area contributed by atoms with Crippen molar-refractivity contribution in [2.24, 2.45) is 0 Å². The molecular weight excluding hydrogens is 436 g/mol. The van der Waals surface area contributed by atoms with Gasteiger partial charge in [-0.25, -0.2) is 4.98 Å². The zero-order valence-corrected chi connectivity index (χ0v) is 19.6. The van der Waals surface area contributed by atoms with E-state index < -0.39 is 0 Å². The Hall–Kier alpha value is -3.57. The van der Waals surface area contributed by atoms with E-state index in [2.05, 4.69) is 0 Å². The van der Waals surface area contributed by atoms with Crippen molar-refractivity contribution in [3.63, 3.8) is 0 Å². The number of halogens is 1. The topological polar surface area (TPSA) is 55.6 Å². The first-order valence-electron chi connectivity index (χ1n) is 10.6. The zero-order valence-electron chi connectivity index (χ0n) is 18.8. The van der Waals surface area contributed by atoms with Gasteiger partial charge in [0, 0.05) is 36.7 Å². The highest BCUT2D eigenvalue weighted by Gasteiger charge is 2.13. The molecule has 4 rings (SSSR count). The lowest BCUT2D eigenvalue weighted by molar-refractivity contribution is 0.0827. The summed E-state index contributed by atoms with van der Waals surface area (Å²) in [6.45, 7) is 2.35. The van der Waals surface area contributed by atoms with Gasteiger partial charge in [-0.15, -0.1) is 0 Å². The number of rotatable bonds is 7. The minimum atomic E-state index is -0.0315. The third kappa shape index (κ3) is 5.62. The first-order valence-corrected chi connectivity index (χ1v) is 11.0. The largest absolute Gasteiger partial charge is 0.489 e. The van der Waals surface area contributed by atoms with Crippen LogP contribution in [-0.2, 0) is 13.0 Å². The van der Waals surface area contributed by atoms with Crippen LogP contribution in [0.3, 0.4) is 0 Å². The fourth-order valence-corrected chi connectivity index (χ4v) is 3.71. The Labute approximate surface area is 198 Å². The zero-order chi connectivity index (χ0) is 23.4. The summed E-state index contributed by atoms with van der Waals surface area (Å²) in [6.07, 6.45) is 0.590. The maximum absolute atomic E-state index is 12.0. The van der Waals surface area contributed by atoms with Crippen molar-refractivity contribution < 1.29 is 13.9 Å². The summed E-state index contributed by atoms with van der Waals surface area (Å²) in [6, 6.07) is 22.9. The SMILES string of the molecule is Cc1oc(Cc2cccc(Cl)c2)nc1-c1ccc(COc2ccc(C(=O)N(C)C)cc2)cc1. The van der Waals surface area contributed by atoms with E-state index >= 15 is 0 Å². The Kier molecular flexibility index (Phi) is 6.80. The van der Waals surface area contributed by atoms with Gasteiger partial charge >= 0.3 is 0 Å². The molecule has 1 heterocycles. The van der Waals surface area contributed by atoms with Crippen LogP contribution in [0.5, 0.6) is 5.75 Å². The molecule has 33 heavy (non-hydrogen) atoms. The maximum Gasteiger partial charge on any atom is 0.253 e. The lowest BCUT2D eigenvalue weighted by Crippen LogP contribution is -2.21. The van der Waals surface area contributed by atoms with Crippen LogP contribution in [0.25, 0.3) is 11.3 Å². The fourth-order valence-electron chi connectivity index (χ4n) is 3.49. The van der Waals surface area contributed by atoms with Gasteiger partial charge in [0.05, 0.1) is 0 Å². The molecule has 1 amide bonds.